The van der Waals surface area contributed by atoms with Crippen molar-refractivity contribution in [3.8, 4) is 5.82 Å². The Morgan fingerprint density at radius 3 is 2.54 bits per heavy atom. The minimum absolute atomic E-state index is 0.0352. The molecule has 3 rings (SSSR count). The van der Waals surface area contributed by atoms with Gasteiger partial charge in [-0.1, -0.05) is 0 Å². The van der Waals surface area contributed by atoms with Gasteiger partial charge >= 0.3 is 6.03 Å². The molecule has 0 spiro atoms. The molecule has 26 heavy (non-hydrogen) atoms. The van der Waals surface area contributed by atoms with Crippen molar-refractivity contribution in [2.75, 3.05) is 23.7 Å². The van der Waals surface area contributed by atoms with Crippen molar-refractivity contribution in [1.29, 1.82) is 0 Å². The van der Waals surface area contributed by atoms with Crippen LogP contribution in [0.5, 0.6) is 0 Å². The van der Waals surface area contributed by atoms with Crippen LogP contribution in [-0.2, 0) is 0 Å². The van der Waals surface area contributed by atoms with E-state index < -0.39 is 17.7 Å². The molecule has 0 aliphatic carbocycles. The Balaban J connectivity index is 1.41. The number of benzene rings is 1. The molecule has 2 amide bonds. The van der Waals surface area contributed by atoms with Crippen molar-refractivity contribution in [3.63, 3.8) is 0 Å². The summed E-state index contributed by atoms with van der Waals surface area (Å²) >= 11 is 0. The third-order valence-electron chi connectivity index (χ3n) is 3.23. The van der Waals surface area contributed by atoms with Gasteiger partial charge in [0.2, 0.25) is 0 Å². The molecule has 134 valence electrons. The zero-order chi connectivity index (χ0) is 18.4. The molecule has 1 aromatic carbocycles. The van der Waals surface area contributed by atoms with E-state index in [-0.39, 0.29) is 12.2 Å². The third-order valence-corrected chi connectivity index (χ3v) is 3.23. The highest BCUT2D eigenvalue weighted by atomic mass is 19.1. The van der Waals surface area contributed by atoms with Crippen molar-refractivity contribution < 1.29 is 13.6 Å². The highest BCUT2D eigenvalue weighted by molar-refractivity contribution is 5.89. The predicted molar refractivity (Wildman–Crippen MR) is 91.0 cm³/mol. The number of amides is 2. The summed E-state index contributed by atoms with van der Waals surface area (Å²) in [5.41, 5.74) is 0.0352. The highest BCUT2D eigenvalue weighted by Crippen LogP contribution is 2.12. The summed E-state index contributed by atoms with van der Waals surface area (Å²) in [5.74, 6) is -0.408. The van der Waals surface area contributed by atoms with E-state index in [9.17, 15) is 13.6 Å². The van der Waals surface area contributed by atoms with Gasteiger partial charge in [-0.05, 0) is 30.3 Å². The van der Waals surface area contributed by atoms with E-state index in [0.717, 1.165) is 18.2 Å². The lowest BCUT2D eigenvalue weighted by molar-refractivity contribution is 0.252. The fourth-order valence-electron chi connectivity index (χ4n) is 2.11. The second-order valence-electron chi connectivity index (χ2n) is 5.19. The molecular weight excluding hydrogens is 344 g/mol. The number of hydrogen-bond donors (Lipinski definition) is 3. The Morgan fingerprint density at radius 1 is 1.08 bits per heavy atom. The molecule has 3 aromatic rings. The largest absolute Gasteiger partial charge is 0.367 e. The summed E-state index contributed by atoms with van der Waals surface area (Å²) in [6.07, 6.45) is 3.40. The van der Waals surface area contributed by atoms with Gasteiger partial charge in [-0.25, -0.2) is 18.3 Å². The summed E-state index contributed by atoms with van der Waals surface area (Å²) in [6, 6.07) is 7.47. The van der Waals surface area contributed by atoms with Gasteiger partial charge in [0.05, 0.1) is 0 Å². The maximum atomic E-state index is 13.1. The number of nitrogens with zero attached hydrogens (tertiary/aromatic N) is 4. The minimum atomic E-state index is -0.765. The van der Waals surface area contributed by atoms with Gasteiger partial charge < -0.3 is 16.0 Å². The fourth-order valence-corrected chi connectivity index (χ4v) is 2.11. The maximum Gasteiger partial charge on any atom is 0.319 e. The van der Waals surface area contributed by atoms with Crippen LogP contribution in [-0.4, -0.2) is 39.1 Å². The lowest BCUT2D eigenvalue weighted by Gasteiger charge is -2.09. The summed E-state index contributed by atoms with van der Waals surface area (Å²) in [7, 11) is 0. The van der Waals surface area contributed by atoms with Crippen LogP contribution in [0.4, 0.5) is 25.1 Å². The minimum Gasteiger partial charge on any atom is -0.367 e. The summed E-state index contributed by atoms with van der Waals surface area (Å²) in [5, 5.41) is 20.0. The Bertz CT molecular complexity index is 849. The number of hydrogen-bond acceptors (Lipinski definition) is 5. The standard InChI is InChI=1S/C16H15F2N7O/c17-11-8-12(18)10-13(9-11)22-16(26)20-6-5-19-14-2-3-15(24-23-14)25-7-1-4-21-25/h1-4,7-10H,5-6H2,(H,19,23)(H2,20,22,26). The number of urea groups is 1. The van der Waals surface area contributed by atoms with Gasteiger partial charge in [0.1, 0.15) is 17.5 Å². The van der Waals surface area contributed by atoms with Crippen molar-refractivity contribution in [1.82, 2.24) is 25.3 Å². The van der Waals surface area contributed by atoms with Crippen molar-refractivity contribution in [3.05, 3.63) is 60.4 Å². The molecule has 0 radical (unpaired) electrons. The first-order valence-electron chi connectivity index (χ1n) is 7.69. The van der Waals surface area contributed by atoms with Crippen LogP contribution < -0.4 is 16.0 Å². The van der Waals surface area contributed by atoms with E-state index in [1.807, 2.05) is 0 Å². The highest BCUT2D eigenvalue weighted by Gasteiger charge is 2.05. The normalized spacial score (nSPS) is 10.4. The zero-order valence-electron chi connectivity index (χ0n) is 13.5. The fraction of sp³-hybridized carbons (Fsp3) is 0.125. The average Bonchev–Trinajstić information content (AvgIpc) is 3.13. The van der Waals surface area contributed by atoms with Crippen LogP contribution in [0, 0.1) is 11.6 Å². The van der Waals surface area contributed by atoms with Crippen molar-refractivity contribution >= 4 is 17.5 Å². The number of halogens is 2. The molecule has 8 nitrogen and oxygen atoms in total. The Kier molecular flexibility index (Phi) is 5.32. The van der Waals surface area contributed by atoms with E-state index in [2.05, 4.69) is 31.2 Å². The molecular formula is C16H15F2N7O. The van der Waals surface area contributed by atoms with E-state index >= 15 is 0 Å². The average molecular weight is 359 g/mol. The Labute approximate surface area is 147 Å². The summed E-state index contributed by atoms with van der Waals surface area (Å²) < 4.78 is 27.7. The predicted octanol–water partition coefficient (Wildman–Crippen LogP) is 2.17. The Hall–Kier alpha value is -3.56. The molecule has 2 heterocycles. The van der Waals surface area contributed by atoms with Crippen LogP contribution in [0.3, 0.4) is 0 Å². The zero-order valence-corrected chi connectivity index (χ0v) is 13.5. The topological polar surface area (TPSA) is 96.8 Å². The van der Waals surface area contributed by atoms with Crippen LogP contribution >= 0.6 is 0 Å². The lowest BCUT2D eigenvalue weighted by Crippen LogP contribution is -2.32. The number of aromatic nitrogens is 4. The van der Waals surface area contributed by atoms with Gasteiger partial charge in [0.15, 0.2) is 5.82 Å². The molecule has 0 saturated carbocycles. The SMILES string of the molecule is O=C(NCCNc1ccc(-n2cccn2)nn1)Nc1cc(F)cc(F)c1. The first kappa shape index (κ1) is 17.3. The molecule has 0 aliphatic rings. The van der Waals surface area contributed by atoms with Crippen LogP contribution in [0.15, 0.2) is 48.8 Å². The molecule has 0 saturated heterocycles. The third kappa shape index (κ3) is 4.72. The molecule has 0 bridgehead atoms. The quantitative estimate of drug-likeness (QED) is 0.586. The summed E-state index contributed by atoms with van der Waals surface area (Å²) in [4.78, 5) is 11.7. The monoisotopic (exact) mass is 359 g/mol. The van der Waals surface area contributed by atoms with Crippen molar-refractivity contribution in [2.45, 2.75) is 0 Å². The van der Waals surface area contributed by atoms with Gasteiger partial charge in [-0.3, -0.25) is 0 Å². The van der Waals surface area contributed by atoms with Gasteiger partial charge in [0.25, 0.3) is 0 Å². The maximum absolute atomic E-state index is 13.1. The molecule has 0 aliphatic heterocycles. The smallest absolute Gasteiger partial charge is 0.319 e. The van der Waals surface area contributed by atoms with Crippen LogP contribution in [0.2, 0.25) is 0 Å². The molecule has 0 atom stereocenters. The molecule has 3 N–H and O–H groups in total. The molecule has 2 aromatic heterocycles. The van der Waals surface area contributed by atoms with Gasteiger partial charge in [-0.15, -0.1) is 10.2 Å². The van der Waals surface area contributed by atoms with Crippen LogP contribution in [0.1, 0.15) is 0 Å². The second kappa shape index (κ2) is 8.01. The number of carbonyl (C=O) groups is 1. The van der Waals surface area contributed by atoms with E-state index in [0.29, 0.717) is 18.2 Å². The van der Waals surface area contributed by atoms with E-state index in [1.54, 1.807) is 35.3 Å². The number of nitrogens with one attached hydrogen (secondary N) is 3. The first-order chi connectivity index (χ1) is 12.6. The number of anilines is 2. The first-order valence-corrected chi connectivity index (χ1v) is 7.69. The molecule has 0 fully saturated rings. The Morgan fingerprint density at radius 2 is 1.88 bits per heavy atom. The number of rotatable bonds is 6. The van der Waals surface area contributed by atoms with Gasteiger partial charge in [0, 0.05) is 37.2 Å². The van der Waals surface area contributed by atoms with Gasteiger partial charge in [-0.2, -0.15) is 5.10 Å². The second-order valence-corrected chi connectivity index (χ2v) is 5.19. The van der Waals surface area contributed by atoms with Crippen LogP contribution in [0.25, 0.3) is 5.82 Å². The number of carbonyl (C=O) groups excluding carboxylic acids is 1. The lowest BCUT2D eigenvalue weighted by atomic mass is 10.3. The summed E-state index contributed by atoms with van der Waals surface area (Å²) in [6.45, 7) is 0.660. The van der Waals surface area contributed by atoms with Crippen molar-refractivity contribution in [2.24, 2.45) is 0 Å². The molecule has 0 unspecified atom stereocenters. The molecule has 10 heteroatoms. The van der Waals surface area contributed by atoms with E-state index in [1.165, 1.54) is 0 Å². The van der Waals surface area contributed by atoms with E-state index in [4.69, 9.17) is 0 Å².